The number of hydrogen-bond donors (Lipinski definition) is 2. The molecule has 1 amide bonds. The van der Waals surface area contributed by atoms with E-state index in [1.54, 1.807) is 6.21 Å². The third-order valence-electron chi connectivity index (χ3n) is 3.55. The molecule has 0 unspecified atom stereocenters. The Morgan fingerprint density at radius 2 is 1.50 bits per heavy atom. The minimum atomic E-state index is -1.03. The number of aromatic carboxylic acids is 1. The van der Waals surface area contributed by atoms with E-state index in [1.165, 1.54) is 29.8 Å². The van der Waals surface area contributed by atoms with Crippen LogP contribution >= 0.6 is 0 Å². The van der Waals surface area contributed by atoms with Crippen LogP contribution in [0.5, 0.6) is 0 Å². The first-order valence-corrected chi connectivity index (χ1v) is 7.55. The summed E-state index contributed by atoms with van der Waals surface area (Å²) in [5.41, 5.74) is 5.10. The maximum atomic E-state index is 11.9. The van der Waals surface area contributed by atoms with Crippen molar-refractivity contribution in [2.45, 2.75) is 26.2 Å². The minimum Gasteiger partial charge on any atom is -0.478 e. The van der Waals surface area contributed by atoms with E-state index in [-0.39, 0.29) is 11.0 Å². The number of benzene rings is 2. The van der Waals surface area contributed by atoms with Crippen molar-refractivity contribution in [1.29, 1.82) is 0 Å². The highest BCUT2D eigenvalue weighted by Gasteiger charge is 2.12. The summed E-state index contributed by atoms with van der Waals surface area (Å²) in [4.78, 5) is 22.7. The van der Waals surface area contributed by atoms with E-state index in [4.69, 9.17) is 5.11 Å². The molecule has 0 atom stereocenters. The number of amides is 1. The van der Waals surface area contributed by atoms with Gasteiger partial charge in [-0.1, -0.05) is 45.0 Å². The molecule has 124 valence electrons. The Balaban J connectivity index is 1.98. The van der Waals surface area contributed by atoms with Gasteiger partial charge in [-0.05, 0) is 40.8 Å². The number of carboxylic acids is 1. The number of carboxylic acid groups (broad SMARTS) is 1. The van der Waals surface area contributed by atoms with Crippen LogP contribution in [0, 0.1) is 0 Å². The maximum Gasteiger partial charge on any atom is 0.335 e. The second-order valence-electron chi connectivity index (χ2n) is 6.45. The van der Waals surface area contributed by atoms with Crippen molar-refractivity contribution in [3.05, 3.63) is 70.8 Å². The summed E-state index contributed by atoms with van der Waals surface area (Å²) in [5, 5.41) is 12.8. The molecular weight excluding hydrogens is 304 g/mol. The van der Waals surface area contributed by atoms with Crippen molar-refractivity contribution in [3.63, 3.8) is 0 Å². The zero-order chi connectivity index (χ0) is 17.7. The molecule has 0 radical (unpaired) electrons. The molecule has 0 aliphatic heterocycles. The molecule has 5 heteroatoms. The molecule has 2 N–H and O–H groups in total. The van der Waals surface area contributed by atoms with E-state index in [0.29, 0.717) is 5.56 Å². The van der Waals surface area contributed by atoms with Crippen molar-refractivity contribution in [3.8, 4) is 0 Å². The Bertz CT molecular complexity index is 755. The van der Waals surface area contributed by atoms with Gasteiger partial charge in [0.15, 0.2) is 0 Å². The Morgan fingerprint density at radius 1 is 0.958 bits per heavy atom. The van der Waals surface area contributed by atoms with Gasteiger partial charge in [-0.2, -0.15) is 5.10 Å². The van der Waals surface area contributed by atoms with E-state index in [1.807, 2.05) is 24.3 Å². The molecule has 0 aromatic heterocycles. The van der Waals surface area contributed by atoms with Crippen LogP contribution in [0.15, 0.2) is 53.6 Å². The highest BCUT2D eigenvalue weighted by Crippen LogP contribution is 2.21. The number of hydrazone groups is 1. The van der Waals surface area contributed by atoms with E-state index in [2.05, 4.69) is 31.3 Å². The molecule has 0 heterocycles. The smallest absolute Gasteiger partial charge is 0.335 e. The largest absolute Gasteiger partial charge is 0.478 e. The van der Waals surface area contributed by atoms with Gasteiger partial charge in [0.2, 0.25) is 0 Å². The fraction of sp³-hybridized carbons (Fsp3) is 0.211. The number of nitrogens with one attached hydrogen (secondary N) is 1. The van der Waals surface area contributed by atoms with E-state index < -0.39 is 11.9 Å². The maximum absolute atomic E-state index is 11.9. The van der Waals surface area contributed by atoms with Gasteiger partial charge in [0.1, 0.15) is 0 Å². The molecule has 0 aliphatic rings. The average molecular weight is 324 g/mol. The topological polar surface area (TPSA) is 78.8 Å². The summed E-state index contributed by atoms with van der Waals surface area (Å²) in [6.45, 7) is 6.43. The summed E-state index contributed by atoms with van der Waals surface area (Å²) in [6.07, 6.45) is 1.57. The fourth-order valence-electron chi connectivity index (χ4n) is 2.06. The average Bonchev–Trinajstić information content (AvgIpc) is 2.54. The summed E-state index contributed by atoms with van der Waals surface area (Å²) < 4.78 is 0. The van der Waals surface area contributed by atoms with Crippen LogP contribution in [0.1, 0.15) is 52.6 Å². The summed E-state index contributed by atoms with van der Waals surface area (Å²) >= 11 is 0. The zero-order valence-corrected chi connectivity index (χ0v) is 13.9. The molecule has 0 spiro atoms. The number of hydrogen-bond acceptors (Lipinski definition) is 3. The Labute approximate surface area is 141 Å². The SMILES string of the molecule is CC(C)(C)c1ccc(/C=N/NC(=O)c2ccc(C(=O)O)cc2)cc1. The quantitative estimate of drug-likeness (QED) is 0.668. The van der Waals surface area contributed by atoms with Gasteiger partial charge >= 0.3 is 5.97 Å². The van der Waals surface area contributed by atoms with Crippen molar-refractivity contribution < 1.29 is 14.7 Å². The third-order valence-corrected chi connectivity index (χ3v) is 3.55. The molecule has 0 saturated carbocycles. The van der Waals surface area contributed by atoms with Crippen LogP contribution in [0.4, 0.5) is 0 Å². The molecule has 2 aromatic rings. The van der Waals surface area contributed by atoms with Gasteiger partial charge < -0.3 is 5.11 Å². The monoisotopic (exact) mass is 324 g/mol. The van der Waals surface area contributed by atoms with Crippen molar-refractivity contribution in [1.82, 2.24) is 5.43 Å². The lowest BCUT2D eigenvalue weighted by Gasteiger charge is -2.18. The number of carbonyl (C=O) groups is 2. The first-order valence-electron chi connectivity index (χ1n) is 7.55. The fourth-order valence-corrected chi connectivity index (χ4v) is 2.06. The molecule has 24 heavy (non-hydrogen) atoms. The molecule has 0 aliphatic carbocycles. The summed E-state index contributed by atoms with van der Waals surface area (Å²) in [7, 11) is 0. The molecule has 5 nitrogen and oxygen atoms in total. The third kappa shape index (κ3) is 4.52. The second kappa shape index (κ2) is 7.08. The standard InChI is InChI=1S/C19H20N2O3/c1-19(2,3)16-10-4-13(5-11-16)12-20-21-17(22)14-6-8-15(9-7-14)18(23)24/h4-12H,1-3H3,(H,21,22)(H,23,24)/b20-12+. The van der Waals surface area contributed by atoms with Crippen LogP contribution in [0.25, 0.3) is 0 Å². The van der Waals surface area contributed by atoms with Gasteiger partial charge in [-0.3, -0.25) is 4.79 Å². The minimum absolute atomic E-state index is 0.0893. The molecular formula is C19H20N2O3. The second-order valence-corrected chi connectivity index (χ2v) is 6.45. The van der Waals surface area contributed by atoms with Crippen LogP contribution in [0.3, 0.4) is 0 Å². The van der Waals surface area contributed by atoms with Crippen molar-refractivity contribution in [2.75, 3.05) is 0 Å². The van der Waals surface area contributed by atoms with E-state index >= 15 is 0 Å². The Kier molecular flexibility index (Phi) is 5.14. The van der Waals surface area contributed by atoms with Crippen molar-refractivity contribution >= 4 is 18.1 Å². The van der Waals surface area contributed by atoms with Crippen LogP contribution in [-0.4, -0.2) is 23.2 Å². The number of nitrogens with zero attached hydrogens (tertiary/aromatic N) is 1. The lowest BCUT2D eigenvalue weighted by atomic mass is 9.87. The Morgan fingerprint density at radius 3 is 2.00 bits per heavy atom. The first kappa shape index (κ1) is 17.4. The highest BCUT2D eigenvalue weighted by molar-refractivity contribution is 5.96. The molecule has 0 bridgehead atoms. The summed E-state index contributed by atoms with van der Waals surface area (Å²) in [5.74, 6) is -1.42. The van der Waals surface area contributed by atoms with Gasteiger partial charge in [0, 0.05) is 5.56 Å². The van der Waals surface area contributed by atoms with E-state index in [0.717, 1.165) is 5.56 Å². The predicted molar refractivity (Wildman–Crippen MR) is 93.6 cm³/mol. The first-order chi connectivity index (χ1) is 11.3. The van der Waals surface area contributed by atoms with Crippen molar-refractivity contribution in [2.24, 2.45) is 5.10 Å². The Hall–Kier alpha value is -2.95. The highest BCUT2D eigenvalue weighted by atomic mass is 16.4. The lowest BCUT2D eigenvalue weighted by Crippen LogP contribution is -2.17. The lowest BCUT2D eigenvalue weighted by molar-refractivity contribution is 0.0696. The van der Waals surface area contributed by atoms with Crippen LogP contribution in [0.2, 0.25) is 0 Å². The van der Waals surface area contributed by atoms with E-state index in [9.17, 15) is 9.59 Å². The summed E-state index contributed by atoms with van der Waals surface area (Å²) in [6, 6.07) is 13.6. The molecule has 2 aromatic carbocycles. The van der Waals surface area contributed by atoms with Gasteiger partial charge in [0.25, 0.3) is 5.91 Å². The van der Waals surface area contributed by atoms with Crippen LogP contribution in [-0.2, 0) is 5.41 Å². The normalized spacial score (nSPS) is 11.5. The predicted octanol–water partition coefficient (Wildman–Crippen LogP) is 3.45. The van der Waals surface area contributed by atoms with Gasteiger partial charge in [-0.25, -0.2) is 10.2 Å². The number of rotatable bonds is 4. The van der Waals surface area contributed by atoms with Gasteiger partial charge in [-0.15, -0.1) is 0 Å². The zero-order valence-electron chi connectivity index (χ0n) is 13.9. The molecule has 2 rings (SSSR count). The van der Waals surface area contributed by atoms with Crippen LogP contribution < -0.4 is 5.43 Å². The molecule has 0 saturated heterocycles. The number of carbonyl (C=O) groups excluding carboxylic acids is 1. The molecule has 0 fully saturated rings. The van der Waals surface area contributed by atoms with Gasteiger partial charge in [0.05, 0.1) is 11.8 Å².